The second kappa shape index (κ2) is 6.18. The van der Waals surface area contributed by atoms with E-state index in [1.54, 1.807) is 6.07 Å². The van der Waals surface area contributed by atoms with Gasteiger partial charge in [-0.1, -0.05) is 0 Å². The molecule has 0 amide bonds. The van der Waals surface area contributed by atoms with E-state index in [1.807, 2.05) is 6.07 Å². The van der Waals surface area contributed by atoms with Gasteiger partial charge in [0.25, 0.3) is 0 Å². The maximum atomic E-state index is 13.6. The van der Waals surface area contributed by atoms with Crippen LogP contribution >= 0.6 is 0 Å². The van der Waals surface area contributed by atoms with E-state index in [4.69, 9.17) is 16.2 Å². The van der Waals surface area contributed by atoms with E-state index in [2.05, 4.69) is 9.97 Å². The number of halogens is 1. The summed E-state index contributed by atoms with van der Waals surface area (Å²) in [6.07, 6.45) is 2.35. The molecule has 1 aliphatic rings. The van der Waals surface area contributed by atoms with Crippen molar-refractivity contribution < 1.29 is 9.13 Å². The molecular weight excluding hydrogens is 297 g/mol. The smallest absolute Gasteiger partial charge is 0.222 e. The van der Waals surface area contributed by atoms with Gasteiger partial charge < -0.3 is 16.2 Å². The first-order chi connectivity index (χ1) is 11.1. The second-order valence-corrected chi connectivity index (χ2v) is 5.56. The fraction of sp³-hybridized carbons (Fsp3) is 0.312. The van der Waals surface area contributed by atoms with Gasteiger partial charge in [-0.3, -0.25) is 0 Å². The van der Waals surface area contributed by atoms with Crippen molar-refractivity contribution in [1.82, 2.24) is 9.97 Å². The summed E-state index contributed by atoms with van der Waals surface area (Å²) in [4.78, 5) is 7.90. The van der Waals surface area contributed by atoms with Gasteiger partial charge >= 0.3 is 0 Å². The van der Waals surface area contributed by atoms with Crippen LogP contribution in [0.15, 0.2) is 18.2 Å². The number of nitrogens with two attached hydrogens (primary N) is 2. The Morgan fingerprint density at radius 1 is 1.30 bits per heavy atom. The van der Waals surface area contributed by atoms with E-state index >= 15 is 0 Å². The lowest BCUT2D eigenvalue weighted by atomic mass is 10.0. The van der Waals surface area contributed by atoms with E-state index in [1.165, 1.54) is 25.0 Å². The summed E-state index contributed by atoms with van der Waals surface area (Å²) >= 11 is 0. The average molecular weight is 313 g/mol. The van der Waals surface area contributed by atoms with Gasteiger partial charge in [-0.15, -0.1) is 0 Å². The molecule has 1 aliphatic carbocycles. The van der Waals surface area contributed by atoms with Crippen molar-refractivity contribution >= 4 is 11.8 Å². The molecule has 0 spiro atoms. The Balaban J connectivity index is 2.00. The summed E-state index contributed by atoms with van der Waals surface area (Å²) in [6, 6.07) is 6.20. The number of benzene rings is 1. The molecule has 1 saturated carbocycles. The van der Waals surface area contributed by atoms with Crippen LogP contribution in [0.4, 0.5) is 16.2 Å². The maximum absolute atomic E-state index is 13.6. The standard InChI is InChI=1S/C16H16FN5O/c17-11-3-4-12(10(5-11)8-23-7-9-1-2-9)14-13(6-18)15(19)22-16(20)21-14/h3-5,9H,1-2,7-8H2,(H4,19,20,21,22). The zero-order chi connectivity index (χ0) is 16.4. The minimum absolute atomic E-state index is 0.00386. The molecule has 1 aromatic carbocycles. The summed E-state index contributed by atoms with van der Waals surface area (Å²) in [5.74, 6) is 0.189. The molecule has 1 aromatic heterocycles. The van der Waals surface area contributed by atoms with E-state index in [-0.39, 0.29) is 29.8 Å². The number of rotatable bonds is 5. The zero-order valence-electron chi connectivity index (χ0n) is 12.4. The van der Waals surface area contributed by atoms with Gasteiger partial charge in [0, 0.05) is 12.2 Å². The molecule has 0 saturated heterocycles. The number of ether oxygens (including phenoxy) is 1. The van der Waals surface area contributed by atoms with Gasteiger partial charge in [0.05, 0.1) is 12.3 Å². The van der Waals surface area contributed by atoms with Crippen LogP contribution in [-0.4, -0.2) is 16.6 Å². The molecule has 2 aromatic rings. The lowest BCUT2D eigenvalue weighted by Crippen LogP contribution is -2.07. The molecule has 23 heavy (non-hydrogen) atoms. The van der Waals surface area contributed by atoms with Crippen LogP contribution < -0.4 is 11.5 Å². The molecule has 0 radical (unpaired) electrons. The lowest BCUT2D eigenvalue weighted by molar-refractivity contribution is 0.111. The number of nitrogen functional groups attached to an aromatic ring is 2. The number of aromatic nitrogens is 2. The van der Waals surface area contributed by atoms with Crippen molar-refractivity contribution in [3.05, 3.63) is 35.1 Å². The van der Waals surface area contributed by atoms with Gasteiger partial charge in [0.2, 0.25) is 5.95 Å². The largest absolute Gasteiger partial charge is 0.382 e. The topological polar surface area (TPSA) is 111 Å². The molecule has 1 fully saturated rings. The van der Waals surface area contributed by atoms with E-state index in [0.29, 0.717) is 29.3 Å². The monoisotopic (exact) mass is 313 g/mol. The van der Waals surface area contributed by atoms with Gasteiger partial charge in [-0.25, -0.2) is 9.37 Å². The third-order valence-electron chi connectivity index (χ3n) is 3.70. The molecule has 3 rings (SSSR count). The van der Waals surface area contributed by atoms with Gasteiger partial charge in [0.1, 0.15) is 23.3 Å². The number of nitriles is 1. The van der Waals surface area contributed by atoms with Gasteiger partial charge in [-0.2, -0.15) is 10.2 Å². The number of anilines is 2. The Morgan fingerprint density at radius 2 is 2.09 bits per heavy atom. The molecular formula is C16H16FN5O. The summed E-state index contributed by atoms with van der Waals surface area (Å²) in [6.45, 7) is 0.882. The van der Waals surface area contributed by atoms with Crippen LogP contribution in [0.1, 0.15) is 24.0 Å². The Morgan fingerprint density at radius 3 is 2.78 bits per heavy atom. The van der Waals surface area contributed by atoms with E-state index < -0.39 is 0 Å². The van der Waals surface area contributed by atoms with Crippen molar-refractivity contribution in [2.45, 2.75) is 19.4 Å². The third kappa shape index (κ3) is 3.38. The van der Waals surface area contributed by atoms with Crippen molar-refractivity contribution in [2.24, 2.45) is 5.92 Å². The molecule has 1 heterocycles. The van der Waals surface area contributed by atoms with Crippen LogP contribution in [0.25, 0.3) is 11.3 Å². The van der Waals surface area contributed by atoms with E-state index in [0.717, 1.165) is 0 Å². The fourth-order valence-corrected chi connectivity index (χ4v) is 2.33. The van der Waals surface area contributed by atoms with Crippen LogP contribution in [0, 0.1) is 23.1 Å². The van der Waals surface area contributed by atoms with Gasteiger partial charge in [0.15, 0.2) is 0 Å². The first-order valence-corrected chi connectivity index (χ1v) is 7.28. The highest BCUT2D eigenvalue weighted by Gasteiger charge is 2.22. The van der Waals surface area contributed by atoms with Crippen molar-refractivity contribution in [3.63, 3.8) is 0 Å². The highest BCUT2D eigenvalue weighted by molar-refractivity contribution is 5.75. The van der Waals surface area contributed by atoms with Crippen molar-refractivity contribution in [1.29, 1.82) is 5.26 Å². The Kier molecular flexibility index (Phi) is 4.08. The predicted molar refractivity (Wildman–Crippen MR) is 83.3 cm³/mol. The summed E-state index contributed by atoms with van der Waals surface area (Å²) < 4.78 is 19.2. The first-order valence-electron chi connectivity index (χ1n) is 7.28. The fourth-order valence-electron chi connectivity index (χ4n) is 2.33. The molecule has 7 heteroatoms. The first kappa shape index (κ1) is 15.2. The minimum Gasteiger partial charge on any atom is -0.382 e. The molecule has 118 valence electrons. The van der Waals surface area contributed by atoms with E-state index in [9.17, 15) is 9.65 Å². The average Bonchev–Trinajstić information content (AvgIpc) is 3.31. The Labute approximate surface area is 132 Å². The van der Waals surface area contributed by atoms with Gasteiger partial charge in [-0.05, 0) is 42.5 Å². The molecule has 0 bridgehead atoms. The van der Waals surface area contributed by atoms with Crippen LogP contribution in [0.5, 0.6) is 0 Å². The quantitative estimate of drug-likeness (QED) is 0.875. The lowest BCUT2D eigenvalue weighted by Gasteiger charge is -2.12. The van der Waals surface area contributed by atoms with Crippen LogP contribution in [0.2, 0.25) is 0 Å². The molecule has 0 unspecified atom stereocenters. The molecule has 4 N–H and O–H groups in total. The Hall–Kier alpha value is -2.72. The number of nitrogens with zero attached hydrogens (tertiary/aromatic N) is 3. The van der Waals surface area contributed by atoms with Crippen LogP contribution in [-0.2, 0) is 11.3 Å². The summed E-state index contributed by atoms with van der Waals surface area (Å²) in [7, 11) is 0. The SMILES string of the molecule is N#Cc1c(N)nc(N)nc1-c1ccc(F)cc1COCC1CC1. The molecule has 0 atom stereocenters. The predicted octanol–water partition coefficient (Wildman–Crippen LogP) is 2.25. The molecule has 0 aliphatic heterocycles. The third-order valence-corrected chi connectivity index (χ3v) is 3.70. The van der Waals surface area contributed by atoms with Crippen LogP contribution in [0.3, 0.4) is 0 Å². The zero-order valence-corrected chi connectivity index (χ0v) is 12.4. The maximum Gasteiger partial charge on any atom is 0.222 e. The molecule has 6 nitrogen and oxygen atoms in total. The summed E-state index contributed by atoms with van der Waals surface area (Å²) in [5.41, 5.74) is 13.0. The highest BCUT2D eigenvalue weighted by Crippen LogP contribution is 2.31. The second-order valence-electron chi connectivity index (χ2n) is 5.56. The highest BCUT2D eigenvalue weighted by atomic mass is 19.1. The number of hydrogen-bond donors (Lipinski definition) is 2. The Bertz CT molecular complexity index is 783. The minimum atomic E-state index is -0.382. The van der Waals surface area contributed by atoms with Crippen molar-refractivity contribution in [2.75, 3.05) is 18.1 Å². The number of hydrogen-bond acceptors (Lipinski definition) is 6. The van der Waals surface area contributed by atoms with Crippen molar-refractivity contribution in [3.8, 4) is 17.3 Å². The normalized spacial score (nSPS) is 13.7. The summed E-state index contributed by atoms with van der Waals surface area (Å²) in [5, 5.41) is 9.30.